The van der Waals surface area contributed by atoms with Crippen molar-refractivity contribution in [1.82, 2.24) is 14.9 Å². The van der Waals surface area contributed by atoms with E-state index in [0.29, 0.717) is 23.6 Å². The molecule has 2 heterocycles. The molecular formula is C22H17ClF2N4O3. The van der Waals surface area contributed by atoms with Crippen LogP contribution in [-0.2, 0) is 13.2 Å². The molecule has 0 fully saturated rings. The molecule has 4 aromatic rings. The van der Waals surface area contributed by atoms with Crippen LogP contribution in [0.25, 0.3) is 0 Å². The van der Waals surface area contributed by atoms with Crippen LogP contribution in [0.1, 0.15) is 27.4 Å². The average Bonchev–Trinajstić information content (AvgIpc) is 3.31. The van der Waals surface area contributed by atoms with E-state index in [1.54, 1.807) is 25.3 Å². The van der Waals surface area contributed by atoms with Crippen LogP contribution in [0.3, 0.4) is 0 Å². The molecule has 0 saturated carbocycles. The first-order valence-corrected chi connectivity index (χ1v) is 9.89. The molecule has 0 radical (unpaired) electrons. The fraction of sp³-hybridized carbons (Fsp3) is 0.136. The molecule has 0 unspecified atom stereocenters. The molecular weight excluding hydrogens is 442 g/mol. The number of nitrogens with one attached hydrogen (secondary N) is 1. The molecule has 4 rings (SSSR count). The number of anilines is 1. The lowest BCUT2D eigenvalue weighted by Gasteiger charge is -2.07. The SMILES string of the molecule is Cc1onc(C(=O)Nc2nn(Cc3ccc(F)cc3)cc2Cl)c1COc1ccc(F)cc1. The third kappa shape index (κ3) is 4.94. The lowest BCUT2D eigenvalue weighted by molar-refractivity contribution is 0.101. The van der Waals surface area contributed by atoms with Crippen LogP contribution < -0.4 is 10.1 Å². The van der Waals surface area contributed by atoms with Gasteiger partial charge in [-0.25, -0.2) is 8.78 Å². The monoisotopic (exact) mass is 458 g/mol. The van der Waals surface area contributed by atoms with E-state index in [2.05, 4.69) is 15.6 Å². The van der Waals surface area contributed by atoms with Crippen molar-refractivity contribution in [2.75, 3.05) is 5.32 Å². The van der Waals surface area contributed by atoms with Crippen molar-refractivity contribution in [3.8, 4) is 5.75 Å². The summed E-state index contributed by atoms with van der Waals surface area (Å²) in [7, 11) is 0. The first kappa shape index (κ1) is 21.5. The highest BCUT2D eigenvalue weighted by atomic mass is 35.5. The van der Waals surface area contributed by atoms with Crippen molar-refractivity contribution >= 4 is 23.3 Å². The molecule has 7 nitrogen and oxygen atoms in total. The van der Waals surface area contributed by atoms with Gasteiger partial charge in [-0.05, 0) is 48.9 Å². The predicted molar refractivity (Wildman–Crippen MR) is 113 cm³/mol. The van der Waals surface area contributed by atoms with Crippen LogP contribution in [-0.4, -0.2) is 20.8 Å². The average molecular weight is 459 g/mol. The second-order valence-corrected chi connectivity index (χ2v) is 7.32. The molecule has 1 amide bonds. The summed E-state index contributed by atoms with van der Waals surface area (Å²) in [4.78, 5) is 12.8. The highest BCUT2D eigenvalue weighted by molar-refractivity contribution is 6.33. The number of aromatic nitrogens is 3. The largest absolute Gasteiger partial charge is 0.489 e. The smallest absolute Gasteiger partial charge is 0.279 e. The zero-order chi connectivity index (χ0) is 22.7. The van der Waals surface area contributed by atoms with E-state index in [4.69, 9.17) is 20.9 Å². The van der Waals surface area contributed by atoms with Gasteiger partial charge in [-0.2, -0.15) is 5.10 Å². The van der Waals surface area contributed by atoms with Crippen molar-refractivity contribution < 1.29 is 22.8 Å². The lowest BCUT2D eigenvalue weighted by atomic mass is 10.2. The van der Waals surface area contributed by atoms with Crippen LogP contribution in [0.2, 0.25) is 5.02 Å². The maximum Gasteiger partial charge on any atom is 0.279 e. The zero-order valence-corrected chi connectivity index (χ0v) is 17.6. The fourth-order valence-electron chi connectivity index (χ4n) is 2.93. The van der Waals surface area contributed by atoms with Crippen molar-refractivity contribution in [3.05, 3.63) is 94.0 Å². The predicted octanol–water partition coefficient (Wildman–Crippen LogP) is 4.99. The van der Waals surface area contributed by atoms with Crippen molar-refractivity contribution in [2.45, 2.75) is 20.1 Å². The Bertz CT molecular complexity index is 1240. The molecule has 0 atom stereocenters. The molecule has 0 aliphatic heterocycles. The number of hydrogen-bond donors (Lipinski definition) is 1. The van der Waals surface area contributed by atoms with Gasteiger partial charge in [-0.1, -0.05) is 28.9 Å². The summed E-state index contributed by atoms with van der Waals surface area (Å²) in [5.74, 6) is -0.305. The Kier molecular flexibility index (Phi) is 6.18. The van der Waals surface area contributed by atoms with E-state index in [0.717, 1.165) is 5.56 Å². The summed E-state index contributed by atoms with van der Waals surface area (Å²) in [5.41, 5.74) is 1.28. The van der Waals surface area contributed by atoms with E-state index in [-0.39, 0.29) is 34.8 Å². The Balaban J connectivity index is 1.45. The van der Waals surface area contributed by atoms with E-state index >= 15 is 0 Å². The van der Waals surface area contributed by atoms with Gasteiger partial charge in [0.1, 0.15) is 34.8 Å². The summed E-state index contributed by atoms with van der Waals surface area (Å²) < 4.78 is 38.4. The number of amides is 1. The molecule has 1 N–H and O–H groups in total. The molecule has 2 aromatic heterocycles. The second kappa shape index (κ2) is 9.19. The standard InChI is InChI=1S/C22H17ClF2N4O3/c1-13-18(12-31-17-8-6-16(25)7-9-17)20(28-32-13)22(30)26-21-19(23)11-29(27-21)10-14-2-4-15(24)5-3-14/h2-9,11H,10,12H2,1H3,(H,26,27,30). The Hall–Kier alpha value is -3.72. The first-order valence-electron chi connectivity index (χ1n) is 9.51. The highest BCUT2D eigenvalue weighted by Crippen LogP contribution is 2.23. The summed E-state index contributed by atoms with van der Waals surface area (Å²) in [6, 6.07) is 11.5. The van der Waals surface area contributed by atoms with Gasteiger partial charge < -0.3 is 14.6 Å². The van der Waals surface area contributed by atoms with Crippen LogP contribution in [0, 0.1) is 18.6 Å². The Morgan fingerprint density at radius 2 is 1.78 bits per heavy atom. The van der Waals surface area contributed by atoms with Crippen molar-refractivity contribution in [1.29, 1.82) is 0 Å². The molecule has 164 valence electrons. The van der Waals surface area contributed by atoms with Gasteiger partial charge in [0.2, 0.25) is 0 Å². The molecule has 0 aliphatic rings. The molecule has 32 heavy (non-hydrogen) atoms. The first-order chi connectivity index (χ1) is 15.4. The number of carbonyl (C=O) groups excluding carboxylic acids is 1. The molecule has 0 saturated heterocycles. The molecule has 10 heteroatoms. The number of halogens is 3. The van der Waals surface area contributed by atoms with E-state index in [9.17, 15) is 13.6 Å². The van der Waals surface area contributed by atoms with Gasteiger partial charge >= 0.3 is 0 Å². The number of hydrogen-bond acceptors (Lipinski definition) is 5. The summed E-state index contributed by atoms with van der Waals surface area (Å²) >= 11 is 6.21. The Morgan fingerprint density at radius 3 is 2.47 bits per heavy atom. The number of nitrogens with zero attached hydrogens (tertiary/aromatic N) is 3. The minimum atomic E-state index is -0.575. The van der Waals surface area contributed by atoms with Crippen LogP contribution in [0.5, 0.6) is 5.75 Å². The van der Waals surface area contributed by atoms with Gasteiger partial charge in [-0.3, -0.25) is 9.48 Å². The zero-order valence-electron chi connectivity index (χ0n) is 16.8. The third-order valence-electron chi connectivity index (χ3n) is 4.60. The molecule has 0 bridgehead atoms. The number of aryl methyl sites for hydroxylation is 1. The topological polar surface area (TPSA) is 82.2 Å². The van der Waals surface area contributed by atoms with Gasteiger partial charge in [0.15, 0.2) is 11.5 Å². The number of ether oxygens (including phenoxy) is 1. The van der Waals surface area contributed by atoms with Gasteiger partial charge in [-0.15, -0.1) is 0 Å². The second-order valence-electron chi connectivity index (χ2n) is 6.91. The van der Waals surface area contributed by atoms with Gasteiger partial charge in [0.05, 0.1) is 12.1 Å². The fourth-order valence-corrected chi connectivity index (χ4v) is 3.13. The maximum atomic E-state index is 13.1. The minimum Gasteiger partial charge on any atom is -0.489 e. The maximum absolute atomic E-state index is 13.1. The minimum absolute atomic E-state index is 0.00351. The number of rotatable bonds is 7. The quantitative estimate of drug-likeness (QED) is 0.422. The van der Waals surface area contributed by atoms with Gasteiger partial charge in [0.25, 0.3) is 5.91 Å². The van der Waals surface area contributed by atoms with Crippen molar-refractivity contribution in [3.63, 3.8) is 0 Å². The third-order valence-corrected chi connectivity index (χ3v) is 4.88. The van der Waals surface area contributed by atoms with E-state index < -0.39 is 5.91 Å². The molecule has 0 spiro atoms. The van der Waals surface area contributed by atoms with Crippen LogP contribution in [0.4, 0.5) is 14.6 Å². The Labute approximate surface area is 186 Å². The summed E-state index contributed by atoms with van der Waals surface area (Å²) in [6.07, 6.45) is 1.55. The van der Waals surface area contributed by atoms with Crippen LogP contribution >= 0.6 is 11.6 Å². The molecule has 0 aliphatic carbocycles. The summed E-state index contributed by atoms with van der Waals surface area (Å²) in [5, 5.41) is 10.9. The normalized spacial score (nSPS) is 10.9. The summed E-state index contributed by atoms with van der Waals surface area (Å²) in [6.45, 7) is 1.99. The van der Waals surface area contributed by atoms with E-state index in [1.807, 2.05) is 0 Å². The molecule has 2 aromatic carbocycles. The number of benzene rings is 2. The van der Waals surface area contributed by atoms with Crippen molar-refractivity contribution in [2.24, 2.45) is 0 Å². The highest BCUT2D eigenvalue weighted by Gasteiger charge is 2.22. The van der Waals surface area contributed by atoms with Crippen LogP contribution in [0.15, 0.2) is 59.3 Å². The number of carbonyl (C=O) groups is 1. The van der Waals surface area contributed by atoms with E-state index in [1.165, 1.54) is 41.1 Å². The Morgan fingerprint density at radius 1 is 1.12 bits per heavy atom. The lowest BCUT2D eigenvalue weighted by Crippen LogP contribution is -2.16. The van der Waals surface area contributed by atoms with Gasteiger partial charge in [0, 0.05) is 6.20 Å².